The number of hydrogen-bond acceptors (Lipinski definition) is 3. The number of likely N-dealkylation sites (tertiary alicyclic amines) is 1. The maximum atomic E-state index is 12.2. The minimum absolute atomic E-state index is 0.0113. The van der Waals surface area contributed by atoms with Crippen molar-refractivity contribution >= 4 is 22.8 Å². The van der Waals surface area contributed by atoms with Crippen LogP contribution in [0.15, 0.2) is 42.5 Å². The first kappa shape index (κ1) is 18.5. The van der Waals surface area contributed by atoms with E-state index in [1.54, 1.807) is 13.2 Å². The highest BCUT2D eigenvalue weighted by Crippen LogP contribution is 2.22. The molecule has 0 aliphatic carbocycles. The van der Waals surface area contributed by atoms with Gasteiger partial charge in [0.05, 0.1) is 7.11 Å². The summed E-state index contributed by atoms with van der Waals surface area (Å²) in [7, 11) is 1.67. The van der Waals surface area contributed by atoms with Crippen molar-refractivity contribution in [1.82, 2.24) is 10.2 Å². The third-order valence-electron chi connectivity index (χ3n) is 5.10. The molecule has 2 aromatic carbocycles. The van der Waals surface area contributed by atoms with Crippen molar-refractivity contribution in [2.75, 3.05) is 20.2 Å². The molecule has 1 N–H and O–H groups in total. The molecule has 1 fully saturated rings. The van der Waals surface area contributed by atoms with Gasteiger partial charge in [0.15, 0.2) is 0 Å². The molecule has 1 heterocycles. The standard InChI is InChI=1S/C22H28N2O2/c1-16(2)24-12-10-20(11-13-24)23-22(25)9-5-17-4-6-19-15-21(26-3)8-7-18(19)14-17/h4-9,14-16,20H,10-13H2,1-3H3,(H,23,25)/b9-5+. The number of methoxy groups -OCH3 is 1. The lowest BCUT2D eigenvalue weighted by molar-refractivity contribution is -0.117. The molecular weight excluding hydrogens is 324 g/mol. The first-order valence-electron chi connectivity index (χ1n) is 9.35. The van der Waals surface area contributed by atoms with E-state index in [2.05, 4.69) is 36.2 Å². The molecule has 0 aromatic heterocycles. The van der Waals surface area contributed by atoms with Crippen LogP contribution in [0, 0.1) is 0 Å². The summed E-state index contributed by atoms with van der Waals surface area (Å²) in [5, 5.41) is 5.39. The van der Waals surface area contributed by atoms with E-state index < -0.39 is 0 Å². The third kappa shape index (κ3) is 4.64. The summed E-state index contributed by atoms with van der Waals surface area (Å²) in [6.07, 6.45) is 5.56. The van der Waals surface area contributed by atoms with Gasteiger partial charge in [0.2, 0.25) is 5.91 Å². The van der Waals surface area contributed by atoms with Crippen LogP contribution in [0.25, 0.3) is 16.8 Å². The average molecular weight is 352 g/mol. The molecule has 26 heavy (non-hydrogen) atoms. The van der Waals surface area contributed by atoms with Crippen LogP contribution < -0.4 is 10.1 Å². The second kappa shape index (κ2) is 8.37. The van der Waals surface area contributed by atoms with Crippen molar-refractivity contribution in [3.63, 3.8) is 0 Å². The second-order valence-electron chi connectivity index (χ2n) is 7.22. The molecule has 4 heteroatoms. The van der Waals surface area contributed by atoms with E-state index in [9.17, 15) is 4.79 Å². The van der Waals surface area contributed by atoms with Crippen molar-refractivity contribution in [1.29, 1.82) is 0 Å². The summed E-state index contributed by atoms with van der Waals surface area (Å²) in [5.74, 6) is 0.839. The van der Waals surface area contributed by atoms with Crippen molar-refractivity contribution in [3.05, 3.63) is 48.0 Å². The Kier molecular flexibility index (Phi) is 5.94. The molecule has 138 valence electrons. The zero-order chi connectivity index (χ0) is 18.5. The fourth-order valence-electron chi connectivity index (χ4n) is 3.45. The first-order chi connectivity index (χ1) is 12.5. The van der Waals surface area contributed by atoms with E-state index in [0.717, 1.165) is 48.0 Å². The Balaban J connectivity index is 1.57. The lowest BCUT2D eigenvalue weighted by Crippen LogP contribution is -2.46. The maximum absolute atomic E-state index is 12.2. The molecule has 0 unspecified atom stereocenters. The van der Waals surface area contributed by atoms with Crippen LogP contribution in [0.2, 0.25) is 0 Å². The Labute approximate surface area is 155 Å². The van der Waals surface area contributed by atoms with E-state index >= 15 is 0 Å². The fourth-order valence-corrected chi connectivity index (χ4v) is 3.45. The monoisotopic (exact) mass is 352 g/mol. The van der Waals surface area contributed by atoms with Crippen LogP contribution in [-0.2, 0) is 4.79 Å². The van der Waals surface area contributed by atoms with Crippen molar-refractivity contribution in [3.8, 4) is 5.75 Å². The topological polar surface area (TPSA) is 41.6 Å². The van der Waals surface area contributed by atoms with Gasteiger partial charge in [-0.25, -0.2) is 0 Å². The smallest absolute Gasteiger partial charge is 0.244 e. The number of amides is 1. The normalized spacial score (nSPS) is 16.5. The molecule has 0 radical (unpaired) electrons. The zero-order valence-electron chi connectivity index (χ0n) is 15.9. The Hall–Kier alpha value is -2.33. The quantitative estimate of drug-likeness (QED) is 0.831. The maximum Gasteiger partial charge on any atom is 0.244 e. The highest BCUT2D eigenvalue weighted by Gasteiger charge is 2.21. The molecule has 3 rings (SSSR count). The number of ether oxygens (including phenoxy) is 1. The zero-order valence-corrected chi connectivity index (χ0v) is 15.9. The largest absolute Gasteiger partial charge is 0.497 e. The first-order valence-corrected chi connectivity index (χ1v) is 9.35. The van der Waals surface area contributed by atoms with E-state index in [1.807, 2.05) is 30.3 Å². The predicted octanol–water partition coefficient (Wildman–Crippen LogP) is 3.85. The number of hydrogen-bond donors (Lipinski definition) is 1. The van der Waals surface area contributed by atoms with Crippen LogP contribution in [0.3, 0.4) is 0 Å². The lowest BCUT2D eigenvalue weighted by Gasteiger charge is -2.34. The van der Waals surface area contributed by atoms with E-state index in [0.29, 0.717) is 6.04 Å². The van der Waals surface area contributed by atoms with Gasteiger partial charge >= 0.3 is 0 Å². The highest BCUT2D eigenvalue weighted by atomic mass is 16.5. The van der Waals surface area contributed by atoms with Gasteiger partial charge < -0.3 is 15.0 Å². The molecule has 0 bridgehead atoms. The molecule has 2 aromatic rings. The summed E-state index contributed by atoms with van der Waals surface area (Å²) >= 11 is 0. The molecule has 0 spiro atoms. The van der Waals surface area contributed by atoms with Gasteiger partial charge in [0, 0.05) is 31.2 Å². The Morgan fingerprint density at radius 3 is 2.54 bits per heavy atom. The highest BCUT2D eigenvalue weighted by molar-refractivity contribution is 5.93. The summed E-state index contributed by atoms with van der Waals surface area (Å²) in [4.78, 5) is 14.7. The summed E-state index contributed by atoms with van der Waals surface area (Å²) in [6, 6.07) is 13.0. The van der Waals surface area contributed by atoms with E-state index in [4.69, 9.17) is 4.74 Å². The number of nitrogens with zero attached hydrogens (tertiary/aromatic N) is 1. The van der Waals surface area contributed by atoms with Gasteiger partial charge in [-0.15, -0.1) is 0 Å². The molecule has 1 amide bonds. The number of fused-ring (bicyclic) bond motifs is 1. The van der Waals surface area contributed by atoms with Crippen molar-refractivity contribution < 1.29 is 9.53 Å². The molecule has 4 nitrogen and oxygen atoms in total. The van der Waals surface area contributed by atoms with Crippen LogP contribution in [0.1, 0.15) is 32.3 Å². The van der Waals surface area contributed by atoms with Crippen LogP contribution >= 0.6 is 0 Å². The fraction of sp³-hybridized carbons (Fsp3) is 0.409. The lowest BCUT2D eigenvalue weighted by atomic mass is 10.0. The second-order valence-corrected chi connectivity index (χ2v) is 7.22. The molecule has 1 saturated heterocycles. The predicted molar refractivity (Wildman–Crippen MR) is 107 cm³/mol. The van der Waals surface area contributed by atoms with Crippen LogP contribution in [-0.4, -0.2) is 43.1 Å². The van der Waals surface area contributed by atoms with Crippen molar-refractivity contribution in [2.24, 2.45) is 0 Å². The van der Waals surface area contributed by atoms with Gasteiger partial charge in [0.25, 0.3) is 0 Å². The molecule has 0 saturated carbocycles. The molecule has 1 aliphatic rings. The van der Waals surface area contributed by atoms with Gasteiger partial charge in [-0.1, -0.05) is 18.2 Å². The number of carbonyl (C=O) groups excluding carboxylic acids is 1. The Morgan fingerprint density at radius 2 is 1.85 bits per heavy atom. The summed E-state index contributed by atoms with van der Waals surface area (Å²) in [6.45, 7) is 6.56. The minimum Gasteiger partial charge on any atom is -0.497 e. The number of carbonyl (C=O) groups is 1. The summed E-state index contributed by atoms with van der Waals surface area (Å²) in [5.41, 5.74) is 1.02. The number of benzene rings is 2. The molecule has 1 aliphatic heterocycles. The molecular formula is C22H28N2O2. The minimum atomic E-state index is -0.0113. The molecule has 0 atom stereocenters. The Bertz CT molecular complexity index is 790. The SMILES string of the molecule is COc1ccc2cc(/C=C/C(=O)NC3CCN(C(C)C)CC3)ccc2c1. The summed E-state index contributed by atoms with van der Waals surface area (Å²) < 4.78 is 5.25. The third-order valence-corrected chi connectivity index (χ3v) is 5.10. The van der Waals surface area contributed by atoms with Crippen LogP contribution in [0.4, 0.5) is 0 Å². The van der Waals surface area contributed by atoms with E-state index in [1.165, 1.54) is 0 Å². The van der Waals surface area contributed by atoms with E-state index in [-0.39, 0.29) is 11.9 Å². The van der Waals surface area contributed by atoms with Crippen molar-refractivity contribution in [2.45, 2.75) is 38.8 Å². The number of nitrogens with one attached hydrogen (secondary N) is 1. The number of rotatable bonds is 5. The Morgan fingerprint density at radius 1 is 1.15 bits per heavy atom. The average Bonchev–Trinajstić information content (AvgIpc) is 2.66. The van der Waals surface area contributed by atoms with Crippen LogP contribution in [0.5, 0.6) is 5.75 Å². The van der Waals surface area contributed by atoms with Gasteiger partial charge in [-0.3, -0.25) is 4.79 Å². The van der Waals surface area contributed by atoms with Gasteiger partial charge in [-0.2, -0.15) is 0 Å². The van der Waals surface area contributed by atoms with Gasteiger partial charge in [0.1, 0.15) is 5.75 Å². The van der Waals surface area contributed by atoms with Gasteiger partial charge in [-0.05, 0) is 67.3 Å². The number of piperidine rings is 1.